The lowest BCUT2D eigenvalue weighted by Gasteiger charge is -2.36. The Kier molecular flexibility index (Phi) is 5.77. The van der Waals surface area contributed by atoms with Crippen LogP contribution in [0, 0.1) is 16.0 Å². The molecule has 1 aliphatic heterocycles. The maximum atomic E-state index is 13.2. The number of amides is 1. The van der Waals surface area contributed by atoms with Crippen LogP contribution in [0.3, 0.4) is 0 Å². The largest absolute Gasteiger partial charge is 0.362 e. The molecule has 162 valence electrons. The van der Waals surface area contributed by atoms with Gasteiger partial charge >= 0.3 is 11.2 Å². The van der Waals surface area contributed by atoms with Crippen molar-refractivity contribution in [1.82, 2.24) is 9.47 Å². The quantitative estimate of drug-likeness (QED) is 0.447. The van der Waals surface area contributed by atoms with E-state index in [4.69, 9.17) is 0 Å². The van der Waals surface area contributed by atoms with Crippen molar-refractivity contribution in [3.63, 3.8) is 0 Å². The van der Waals surface area contributed by atoms with Crippen molar-refractivity contribution >= 4 is 39.5 Å². The minimum Gasteiger partial charge on any atom is -0.362 e. The average molecular weight is 441 g/mol. The van der Waals surface area contributed by atoms with Crippen LogP contribution in [0.4, 0.5) is 11.4 Å². The fourth-order valence-electron chi connectivity index (χ4n) is 4.10. The van der Waals surface area contributed by atoms with Crippen LogP contribution in [-0.4, -0.2) is 46.5 Å². The standard InChI is InChI=1S/C22H24N4O4S/c1-15(2)14-25-17-7-4-3-6-16(17)19(20(22(25)28)26(29)30)23-9-11-24(12-10-23)21(27)18-8-5-13-31-18/h3-8,13,15H,9-12,14H2,1-2H3. The first-order valence-electron chi connectivity index (χ1n) is 10.3. The van der Waals surface area contributed by atoms with Crippen LogP contribution in [0.25, 0.3) is 10.9 Å². The lowest BCUT2D eigenvalue weighted by atomic mass is 10.1. The number of anilines is 1. The van der Waals surface area contributed by atoms with Crippen molar-refractivity contribution in [2.24, 2.45) is 5.92 Å². The van der Waals surface area contributed by atoms with Gasteiger partial charge < -0.3 is 14.4 Å². The van der Waals surface area contributed by atoms with Gasteiger partial charge in [-0.1, -0.05) is 38.1 Å². The van der Waals surface area contributed by atoms with Crippen molar-refractivity contribution in [3.05, 3.63) is 67.1 Å². The predicted octanol–water partition coefficient (Wildman–Crippen LogP) is 3.59. The molecule has 0 atom stereocenters. The van der Waals surface area contributed by atoms with E-state index in [9.17, 15) is 19.7 Å². The topological polar surface area (TPSA) is 88.7 Å². The number of thiophene rings is 1. The summed E-state index contributed by atoms with van der Waals surface area (Å²) in [7, 11) is 0. The van der Waals surface area contributed by atoms with Gasteiger partial charge in [-0.05, 0) is 23.4 Å². The van der Waals surface area contributed by atoms with Crippen LogP contribution in [0.1, 0.15) is 23.5 Å². The second-order valence-corrected chi connectivity index (χ2v) is 8.99. The monoisotopic (exact) mass is 440 g/mol. The highest BCUT2D eigenvalue weighted by Crippen LogP contribution is 2.34. The first kappa shape index (κ1) is 21.0. The van der Waals surface area contributed by atoms with Crippen molar-refractivity contribution in [3.8, 4) is 0 Å². The molecule has 8 nitrogen and oxygen atoms in total. The van der Waals surface area contributed by atoms with E-state index >= 15 is 0 Å². The third kappa shape index (κ3) is 3.93. The number of pyridine rings is 1. The zero-order chi connectivity index (χ0) is 22.1. The number of nitro groups is 1. The number of hydrogen-bond acceptors (Lipinski definition) is 6. The van der Waals surface area contributed by atoms with Crippen LogP contribution in [0.5, 0.6) is 0 Å². The summed E-state index contributed by atoms with van der Waals surface area (Å²) in [5.74, 6) is 0.139. The van der Waals surface area contributed by atoms with Gasteiger partial charge in [-0.2, -0.15) is 0 Å². The average Bonchev–Trinajstić information content (AvgIpc) is 3.29. The van der Waals surface area contributed by atoms with Crippen LogP contribution in [0.15, 0.2) is 46.6 Å². The van der Waals surface area contributed by atoms with Gasteiger partial charge in [0.25, 0.3) is 5.91 Å². The predicted molar refractivity (Wildman–Crippen MR) is 122 cm³/mol. The van der Waals surface area contributed by atoms with E-state index in [0.29, 0.717) is 54.2 Å². The molecular weight excluding hydrogens is 416 g/mol. The van der Waals surface area contributed by atoms with Gasteiger partial charge in [0.1, 0.15) is 5.69 Å². The van der Waals surface area contributed by atoms with E-state index in [1.54, 1.807) is 11.0 Å². The summed E-state index contributed by atoms with van der Waals surface area (Å²) in [5.41, 5.74) is 0.0783. The number of aromatic nitrogens is 1. The first-order valence-corrected chi connectivity index (χ1v) is 11.1. The highest BCUT2D eigenvalue weighted by Gasteiger charge is 2.32. The molecule has 2 aromatic heterocycles. The third-order valence-corrected chi connectivity index (χ3v) is 6.33. The van der Waals surface area contributed by atoms with Gasteiger partial charge in [0.05, 0.1) is 15.3 Å². The summed E-state index contributed by atoms with van der Waals surface area (Å²) in [6.45, 7) is 6.10. The van der Waals surface area contributed by atoms with Crippen LogP contribution < -0.4 is 10.5 Å². The lowest BCUT2D eigenvalue weighted by molar-refractivity contribution is -0.385. The zero-order valence-electron chi connectivity index (χ0n) is 17.5. The fraction of sp³-hybridized carbons (Fsp3) is 0.364. The zero-order valence-corrected chi connectivity index (χ0v) is 18.3. The molecule has 0 unspecified atom stereocenters. The van der Waals surface area contributed by atoms with Gasteiger partial charge in [0.15, 0.2) is 0 Å². The fourth-order valence-corrected chi connectivity index (χ4v) is 4.79. The summed E-state index contributed by atoms with van der Waals surface area (Å²) in [4.78, 5) is 41.6. The number of hydrogen-bond donors (Lipinski definition) is 0. The van der Waals surface area contributed by atoms with E-state index in [1.807, 2.05) is 54.5 Å². The van der Waals surface area contributed by atoms with Gasteiger partial charge in [-0.3, -0.25) is 19.7 Å². The van der Waals surface area contributed by atoms with Crippen LogP contribution in [0.2, 0.25) is 0 Å². The van der Waals surface area contributed by atoms with Gasteiger partial charge in [-0.25, -0.2) is 0 Å². The molecule has 3 aromatic rings. The molecule has 4 rings (SSSR count). The second kappa shape index (κ2) is 8.50. The molecule has 1 fully saturated rings. The Hall–Kier alpha value is -3.20. The molecule has 31 heavy (non-hydrogen) atoms. The minimum absolute atomic E-state index is 0.0265. The van der Waals surface area contributed by atoms with Crippen molar-refractivity contribution in [2.75, 3.05) is 31.1 Å². The molecule has 1 saturated heterocycles. The summed E-state index contributed by atoms with van der Waals surface area (Å²) < 4.78 is 1.51. The van der Waals surface area contributed by atoms with Crippen LogP contribution in [-0.2, 0) is 6.54 Å². The van der Waals surface area contributed by atoms with Crippen molar-refractivity contribution in [1.29, 1.82) is 0 Å². The molecule has 9 heteroatoms. The van der Waals surface area contributed by atoms with Gasteiger partial charge in [0, 0.05) is 38.1 Å². The lowest BCUT2D eigenvalue weighted by Crippen LogP contribution is -2.49. The number of carbonyl (C=O) groups excluding carboxylic acids is 1. The van der Waals surface area contributed by atoms with E-state index in [2.05, 4.69) is 0 Å². The SMILES string of the molecule is CC(C)Cn1c(=O)c([N+](=O)[O-])c(N2CCN(C(=O)c3cccs3)CC2)c2ccccc21. The van der Waals surface area contributed by atoms with E-state index in [0.717, 1.165) is 0 Å². The van der Waals surface area contributed by atoms with Gasteiger partial charge in [-0.15, -0.1) is 11.3 Å². The Balaban J connectivity index is 1.74. The Morgan fingerprint density at radius 1 is 1.13 bits per heavy atom. The molecule has 0 radical (unpaired) electrons. The summed E-state index contributed by atoms with van der Waals surface area (Å²) >= 11 is 1.40. The van der Waals surface area contributed by atoms with Gasteiger partial charge in [0.2, 0.25) is 0 Å². The van der Waals surface area contributed by atoms with Crippen molar-refractivity contribution in [2.45, 2.75) is 20.4 Å². The summed E-state index contributed by atoms with van der Waals surface area (Å²) in [5, 5.41) is 14.6. The highest BCUT2D eigenvalue weighted by atomic mass is 32.1. The highest BCUT2D eigenvalue weighted by molar-refractivity contribution is 7.12. The molecule has 1 amide bonds. The third-order valence-electron chi connectivity index (χ3n) is 5.47. The number of benzene rings is 1. The normalized spacial score (nSPS) is 14.4. The Bertz CT molecular complexity index is 1180. The number of rotatable bonds is 5. The van der Waals surface area contributed by atoms with E-state index < -0.39 is 16.2 Å². The maximum Gasteiger partial charge on any atom is 0.357 e. The summed E-state index contributed by atoms with van der Waals surface area (Å²) in [6.07, 6.45) is 0. The molecule has 1 aliphatic rings. The Morgan fingerprint density at radius 2 is 1.84 bits per heavy atom. The molecule has 3 heterocycles. The number of carbonyl (C=O) groups is 1. The Morgan fingerprint density at radius 3 is 2.45 bits per heavy atom. The summed E-state index contributed by atoms with van der Waals surface area (Å²) in [6, 6.07) is 11.0. The maximum absolute atomic E-state index is 13.2. The minimum atomic E-state index is -0.579. The first-order chi connectivity index (χ1) is 14.9. The van der Waals surface area contributed by atoms with E-state index in [-0.39, 0.29) is 11.8 Å². The molecule has 0 bridgehead atoms. The number of nitrogens with zero attached hydrogens (tertiary/aromatic N) is 4. The smallest absolute Gasteiger partial charge is 0.357 e. The molecule has 0 N–H and O–H groups in total. The molecular formula is C22H24N4O4S. The molecule has 0 spiro atoms. The van der Waals surface area contributed by atoms with Crippen molar-refractivity contribution < 1.29 is 9.72 Å². The Labute approximate surface area is 183 Å². The molecule has 1 aromatic carbocycles. The number of para-hydroxylation sites is 1. The van der Waals surface area contributed by atoms with E-state index in [1.165, 1.54) is 15.9 Å². The molecule has 0 aliphatic carbocycles. The van der Waals surface area contributed by atoms with Crippen LogP contribution >= 0.6 is 11.3 Å². The number of fused-ring (bicyclic) bond motifs is 1. The molecule has 0 saturated carbocycles. The second-order valence-electron chi connectivity index (χ2n) is 8.04. The number of piperazine rings is 1.